The van der Waals surface area contributed by atoms with Crippen molar-refractivity contribution in [1.82, 2.24) is 49.7 Å². The monoisotopic (exact) mass is 2080 g/mol. The number of aliphatic imine (C=N–C) groups is 4. The molecule has 5 saturated carbocycles. The molecule has 10 atom stereocenters. The van der Waals surface area contributed by atoms with Crippen molar-refractivity contribution < 1.29 is 42.0 Å². The molecule has 764 valence electrons. The normalized spacial score (nSPS) is 26.1. The van der Waals surface area contributed by atoms with Gasteiger partial charge in [-0.15, -0.1) is 11.3 Å². The number of carbonyl (C=O) groups is 7. The van der Waals surface area contributed by atoms with Crippen molar-refractivity contribution in [1.29, 1.82) is 0 Å². The molecule has 35 heteroatoms. The van der Waals surface area contributed by atoms with E-state index in [4.69, 9.17) is 96.7 Å². The highest BCUT2D eigenvalue weighted by molar-refractivity contribution is 7.88. The van der Waals surface area contributed by atoms with Gasteiger partial charge in [0.15, 0.2) is 29.4 Å². The van der Waals surface area contributed by atoms with Crippen molar-refractivity contribution in [3.63, 3.8) is 0 Å². The summed E-state index contributed by atoms with van der Waals surface area (Å²) in [6.45, 7) is 7.27. The molecule has 7 amide bonds. The third-order valence-corrected chi connectivity index (χ3v) is 34.4. The maximum atomic E-state index is 13.5. The number of amides is 7. The molecule has 0 spiro atoms. The van der Waals surface area contributed by atoms with E-state index in [1.165, 1.54) is 89.0 Å². The third-order valence-electron chi connectivity index (χ3n) is 31.0. The first-order valence-corrected chi connectivity index (χ1v) is 54.8. The molecule has 7 fully saturated rings. The van der Waals surface area contributed by atoms with Crippen LogP contribution in [-0.4, -0.2) is 185 Å². The molecule has 6 aliphatic heterocycles. The molecule has 8 aromatic rings. The molecule has 11 aliphatic rings. The number of nitrogens with two attached hydrogens (primary N) is 5. The number of thiophene rings is 1. The maximum absolute atomic E-state index is 13.5. The van der Waals surface area contributed by atoms with Crippen LogP contribution in [0.3, 0.4) is 0 Å². The lowest BCUT2D eigenvalue weighted by Gasteiger charge is -2.35. The van der Waals surface area contributed by atoms with E-state index in [9.17, 15) is 42.0 Å². The van der Waals surface area contributed by atoms with Crippen molar-refractivity contribution >= 4 is 155 Å². The molecule has 5 aliphatic carbocycles. The fourth-order valence-electron chi connectivity index (χ4n) is 22.8. The number of hydrogen-bond acceptors (Lipinski definition) is 21. The van der Waals surface area contributed by atoms with Gasteiger partial charge in [0, 0.05) is 103 Å². The largest absolute Gasteiger partial charge is 0.369 e. The lowest BCUT2D eigenvalue weighted by atomic mass is 9.74. The summed E-state index contributed by atoms with van der Waals surface area (Å²) in [5.74, 6) is 3.54. The van der Waals surface area contributed by atoms with Crippen LogP contribution in [0.25, 0.3) is 32.3 Å². The van der Waals surface area contributed by atoms with Crippen molar-refractivity contribution in [2.45, 2.75) is 259 Å². The van der Waals surface area contributed by atoms with Crippen LogP contribution in [0.4, 0.5) is 0 Å². The van der Waals surface area contributed by atoms with E-state index < -0.39 is 44.0 Å². The number of rotatable bonds is 24. The highest BCUT2D eigenvalue weighted by atomic mass is 35.5. The zero-order valence-electron chi connectivity index (χ0n) is 82.8. The fraction of sp³-hybridized carbons (Fsp3) is 0.500. The molecule has 13 N–H and O–H groups in total. The molecule has 6 aromatic carbocycles. The zero-order valence-corrected chi connectivity index (χ0v) is 88.2. The number of fused-ring (bicyclic) bond motifs is 1. The van der Waals surface area contributed by atoms with Gasteiger partial charge in [-0.3, -0.25) is 64.2 Å². The Morgan fingerprint density at radius 3 is 1.56 bits per heavy atom. The first-order valence-electron chi connectivity index (χ1n) is 50.4. The van der Waals surface area contributed by atoms with Crippen LogP contribution in [0.5, 0.6) is 0 Å². The summed E-state index contributed by atoms with van der Waals surface area (Å²) in [6, 6.07) is 47.3. The first-order chi connectivity index (χ1) is 68.2. The third kappa shape index (κ3) is 25.8. The van der Waals surface area contributed by atoms with Crippen molar-refractivity contribution in [2.75, 3.05) is 47.8 Å². The minimum Gasteiger partial charge on any atom is -0.369 e. The molecule has 2 saturated heterocycles. The van der Waals surface area contributed by atoms with E-state index in [-0.39, 0.29) is 88.9 Å². The first kappa shape index (κ1) is 107. The minimum absolute atomic E-state index is 0.000385. The van der Waals surface area contributed by atoms with Crippen LogP contribution in [-0.2, 0) is 61.2 Å². The molecular weight excluding hydrogens is 1950 g/mol. The number of pyridine rings is 1. The Hall–Kier alpha value is -10.1. The Kier molecular flexibility index (Phi) is 34.7. The topological polar surface area (TPSA) is 402 Å². The van der Waals surface area contributed by atoms with E-state index in [0.29, 0.717) is 99.4 Å². The van der Waals surface area contributed by atoms with Crippen LogP contribution in [0.1, 0.15) is 240 Å². The lowest BCUT2D eigenvalue weighted by Crippen LogP contribution is -2.48. The van der Waals surface area contributed by atoms with Gasteiger partial charge in [0.05, 0.1) is 17.7 Å². The smallest absolute Gasteiger partial charge is 0.261 e. The summed E-state index contributed by atoms with van der Waals surface area (Å²) in [5.41, 5.74) is 34.1. The molecule has 19 rings (SSSR count). The number of benzene rings is 6. The van der Waals surface area contributed by atoms with Crippen LogP contribution >= 0.6 is 69.3 Å². The number of carbonyl (C=O) groups excluding carboxylic acids is 7. The van der Waals surface area contributed by atoms with Gasteiger partial charge in [0.2, 0.25) is 27.7 Å². The zero-order chi connectivity index (χ0) is 102. The molecule has 2 aromatic heterocycles. The van der Waals surface area contributed by atoms with Gasteiger partial charge in [-0.25, -0.2) is 38.1 Å². The fourth-order valence-corrected chi connectivity index (χ4v) is 26.2. The highest BCUT2D eigenvalue weighted by Gasteiger charge is 2.59. The number of piperidine rings is 1. The minimum atomic E-state index is -3.43. The van der Waals surface area contributed by atoms with Gasteiger partial charge in [0.25, 0.3) is 23.6 Å². The Labute approximate surface area is 869 Å². The SMILES string of the molecule is CC(=O)N1CCC(CN2C(=O)C(C)(c3cccc(-c4cc(Cl)cc(Cl)c4)c3)N=C2N)CC1.CN1C(=O)C(c2cccc(-c3cc(Cl)cc(Cl)c3)c2)(C2CC2)NC1N.CN1C(=O)C[C@@](C)(c2ccc3sccc3c2)N=C1N.CN1C(=O)[C@@](CCC2CCCCC2)(C[C@H]2CCC[C@@H](NC(=O)c3ccnc(Cl)c3)C2)N=C1N.CN1C(=O)[C@@](CCC2CCCCC2)(C[C@H]2CCC[C@@H](NS(=O)(=O)Cc3ccccc3)C2)N=C1N. The standard InChI is InChI=1S/C26H40N4O3S.C25H36ClN5O2.C24H26Cl2N4O2.C19H19Cl2N3O.C14H15N3OS/c1-30-24(31)26(28-25(30)27,16-15-20-9-4-2-5-10-20)18-22-13-8-14-23(17-22)29-34(32,33)19-21-11-6-3-7-12-21;1-31-23(33)25(30-24(31)27,12-10-17-6-3-2-4-7-17)16-18-8-5-9-20(14-18)29-22(32)19-11-13-28-21(26)15-19;1-15(31)29-8-6-16(7-9-29)14-30-22(32)24(2,28-23(30)27)19-5-3-4-17(10-19)18-11-20(25)13-21(26)12-18;1-24-17(25)19(13-5-6-13,23-18(24)22)14-4-2-3-11(7-14)12-8-15(20)10-16(21)9-12;1-14(8-12(18)17(2)13(15)16-14)10-3-4-11-9(7-10)5-6-19-11/h3,6-7,11-12,20,22-23,29H,2,4-5,8-10,13-19H2,1H3,(H2,27,28);11,13,15,17-18,20H,2-10,12,14,16H2,1H3,(H2,27,30)(H,29,32);3-5,10-13,16H,6-9,14H2,1-2H3,(H2,27,28);2-4,7-10,13,18,23H,5-6,22H2,1H3;3-7H,8H2,1-2H3,(H2,15,16)/t22-,23+,26+;18-,20+,25+;;;14-/m00..0/s1. The summed E-state index contributed by atoms with van der Waals surface area (Å²) in [4.78, 5) is 121. The predicted octanol–water partition coefficient (Wildman–Crippen LogP) is 18.4. The van der Waals surface area contributed by atoms with Crippen LogP contribution in [0.2, 0.25) is 25.2 Å². The van der Waals surface area contributed by atoms with Crippen molar-refractivity contribution in [3.8, 4) is 22.3 Å². The van der Waals surface area contributed by atoms with E-state index in [2.05, 4.69) is 53.9 Å². The molecule has 28 nitrogen and oxygen atoms in total. The Morgan fingerprint density at radius 2 is 1.04 bits per heavy atom. The summed E-state index contributed by atoms with van der Waals surface area (Å²) in [7, 11) is 3.41. The predicted molar refractivity (Wildman–Crippen MR) is 571 cm³/mol. The maximum Gasteiger partial charge on any atom is 0.261 e. The molecule has 143 heavy (non-hydrogen) atoms. The average molecular weight is 2090 g/mol. The molecule has 0 bridgehead atoms. The summed E-state index contributed by atoms with van der Waals surface area (Å²) < 4.78 is 29.8. The quantitative estimate of drug-likeness (QED) is 0.0261. The van der Waals surface area contributed by atoms with Gasteiger partial charge < -0.3 is 38.1 Å². The van der Waals surface area contributed by atoms with Crippen LogP contribution in [0.15, 0.2) is 183 Å². The van der Waals surface area contributed by atoms with E-state index >= 15 is 0 Å². The summed E-state index contributed by atoms with van der Waals surface area (Å²) in [6.07, 6.45) is 30.2. The summed E-state index contributed by atoms with van der Waals surface area (Å²) in [5, 5.41) is 12.3. The number of halogens is 5. The van der Waals surface area contributed by atoms with E-state index in [0.717, 1.165) is 147 Å². The molecule has 0 radical (unpaired) electrons. The number of sulfonamides is 1. The van der Waals surface area contributed by atoms with Crippen molar-refractivity contribution in [3.05, 3.63) is 216 Å². The highest BCUT2D eigenvalue weighted by Crippen LogP contribution is 2.51. The number of aromatic nitrogens is 1. The second kappa shape index (κ2) is 46.3. The number of guanidine groups is 4. The van der Waals surface area contributed by atoms with Crippen molar-refractivity contribution in [2.24, 2.45) is 84.1 Å². The molecular formula is C108H136Cl5N19O9S2. The number of likely N-dealkylation sites (N-methyl/N-ethyl adjacent to an activating group) is 3. The van der Waals surface area contributed by atoms with Gasteiger partial charge in [0.1, 0.15) is 28.1 Å². The average Bonchev–Trinajstić information content (AvgIpc) is 1.56. The van der Waals surface area contributed by atoms with Crippen LogP contribution in [0, 0.1) is 35.5 Å². The number of nitrogens with one attached hydrogen (secondary N) is 3. The Bertz CT molecular complexity index is 6190. The van der Waals surface area contributed by atoms with Gasteiger partial charge in [-0.05, 0) is 273 Å². The second-order valence-corrected chi connectivity index (χ2v) is 46.2. The van der Waals surface area contributed by atoms with E-state index in [1.54, 1.807) is 93.6 Å². The number of hydrogen-bond donors (Lipinski definition) is 8. The second-order valence-electron chi connectivity index (χ2n) is 41.4. The number of likely N-dealkylation sites (tertiary alicyclic amines) is 1. The molecule has 3 unspecified atom stereocenters. The van der Waals surface area contributed by atoms with Gasteiger partial charge in [-0.2, -0.15) is 0 Å². The lowest BCUT2D eigenvalue weighted by molar-refractivity contribution is -0.133. The van der Waals surface area contributed by atoms with Crippen LogP contribution < -0.4 is 44.0 Å². The Morgan fingerprint density at radius 1 is 0.510 bits per heavy atom. The molecule has 8 heterocycles. The summed E-state index contributed by atoms with van der Waals surface area (Å²) >= 11 is 32.3. The van der Waals surface area contributed by atoms with Gasteiger partial charge in [-0.1, -0.05) is 221 Å². The Balaban J connectivity index is 0.000000136. The number of nitrogens with zero attached hydrogens (tertiary/aromatic N) is 11. The van der Waals surface area contributed by atoms with Gasteiger partial charge >= 0.3 is 0 Å². The van der Waals surface area contributed by atoms with E-state index in [1.807, 2.05) is 121 Å².